The lowest BCUT2D eigenvalue weighted by Crippen LogP contribution is -2.40. The molecule has 0 saturated heterocycles. The van der Waals surface area contributed by atoms with Gasteiger partial charge >= 0.3 is 10.3 Å². The SMILES string of the molecule is C/C=C(\N=C(C)C(Cc1ccc(NS(=O)(=O)O)cc1)NC(C)=O)C1CC1(F)F.CC. The van der Waals surface area contributed by atoms with Crippen LogP contribution in [-0.2, 0) is 21.5 Å². The third kappa shape index (κ3) is 8.19. The predicted octanol–water partition coefficient (Wildman–Crippen LogP) is 3.99. The van der Waals surface area contributed by atoms with E-state index in [0.29, 0.717) is 17.8 Å². The highest BCUT2D eigenvalue weighted by atomic mass is 32.2. The van der Waals surface area contributed by atoms with Crippen LogP contribution in [0.2, 0.25) is 0 Å². The topological polar surface area (TPSA) is 108 Å². The maximum absolute atomic E-state index is 13.4. The van der Waals surface area contributed by atoms with Crippen molar-refractivity contribution >= 4 is 27.6 Å². The van der Waals surface area contributed by atoms with Gasteiger partial charge in [-0.3, -0.25) is 19.1 Å². The molecule has 1 aliphatic rings. The van der Waals surface area contributed by atoms with Crippen LogP contribution >= 0.6 is 0 Å². The van der Waals surface area contributed by atoms with Crippen LogP contribution < -0.4 is 10.0 Å². The van der Waals surface area contributed by atoms with Crippen LogP contribution in [0.15, 0.2) is 41.0 Å². The monoisotopic (exact) mass is 445 g/mol. The fraction of sp³-hybridized carbons (Fsp3) is 0.500. The lowest BCUT2D eigenvalue weighted by Gasteiger charge is -2.19. The minimum Gasteiger partial charge on any atom is -0.348 e. The Labute approximate surface area is 176 Å². The highest BCUT2D eigenvalue weighted by Crippen LogP contribution is 2.53. The second-order valence-electron chi connectivity index (χ2n) is 6.72. The number of alkyl halides is 2. The smallest absolute Gasteiger partial charge is 0.348 e. The maximum Gasteiger partial charge on any atom is 0.357 e. The molecule has 2 unspecified atom stereocenters. The Balaban J connectivity index is 0.00000218. The summed E-state index contributed by atoms with van der Waals surface area (Å²) in [4.78, 5) is 15.9. The van der Waals surface area contributed by atoms with E-state index in [1.54, 1.807) is 32.1 Å². The summed E-state index contributed by atoms with van der Waals surface area (Å²) in [6.07, 6.45) is 1.66. The lowest BCUT2D eigenvalue weighted by molar-refractivity contribution is -0.119. The van der Waals surface area contributed by atoms with Crippen LogP contribution in [0.1, 0.15) is 46.6 Å². The minimum absolute atomic E-state index is 0.180. The molecule has 7 nitrogen and oxygen atoms in total. The first-order chi connectivity index (χ1) is 13.9. The van der Waals surface area contributed by atoms with Gasteiger partial charge in [0.15, 0.2) is 0 Å². The Bertz CT molecular complexity index is 897. The molecule has 0 bridgehead atoms. The van der Waals surface area contributed by atoms with Gasteiger partial charge in [0.25, 0.3) is 5.92 Å². The molecule has 1 fully saturated rings. The van der Waals surface area contributed by atoms with Crippen LogP contribution in [0, 0.1) is 5.92 Å². The summed E-state index contributed by atoms with van der Waals surface area (Å²) in [6, 6.07) is 5.66. The van der Waals surface area contributed by atoms with Gasteiger partial charge in [-0.15, -0.1) is 0 Å². The van der Waals surface area contributed by atoms with E-state index in [1.807, 2.05) is 18.6 Å². The molecule has 0 spiro atoms. The van der Waals surface area contributed by atoms with Crippen LogP contribution in [0.5, 0.6) is 0 Å². The van der Waals surface area contributed by atoms with Crippen LogP contribution in [-0.4, -0.2) is 36.6 Å². The van der Waals surface area contributed by atoms with Crippen molar-refractivity contribution in [2.24, 2.45) is 10.9 Å². The van der Waals surface area contributed by atoms with Crippen molar-refractivity contribution in [3.8, 4) is 0 Å². The van der Waals surface area contributed by atoms with Gasteiger partial charge in [0.2, 0.25) is 5.91 Å². The van der Waals surface area contributed by atoms with E-state index in [9.17, 15) is 22.0 Å². The van der Waals surface area contributed by atoms with Gasteiger partial charge < -0.3 is 5.32 Å². The zero-order valence-electron chi connectivity index (χ0n) is 17.7. The van der Waals surface area contributed by atoms with Crippen molar-refractivity contribution < 1.29 is 26.5 Å². The first kappa shape index (κ1) is 25.7. The largest absolute Gasteiger partial charge is 0.357 e. The lowest BCUT2D eigenvalue weighted by atomic mass is 10.0. The van der Waals surface area contributed by atoms with Crippen LogP contribution in [0.4, 0.5) is 14.5 Å². The molecule has 30 heavy (non-hydrogen) atoms. The molecule has 1 saturated carbocycles. The van der Waals surface area contributed by atoms with Crippen molar-refractivity contribution in [2.45, 2.75) is 59.4 Å². The summed E-state index contributed by atoms with van der Waals surface area (Å²) in [7, 11) is -4.36. The van der Waals surface area contributed by atoms with E-state index in [4.69, 9.17) is 4.55 Å². The number of carbonyl (C=O) groups excluding carboxylic acids is 1. The molecular weight excluding hydrogens is 416 g/mol. The average Bonchev–Trinajstić information content (AvgIpc) is 3.28. The number of benzene rings is 1. The molecule has 1 aliphatic carbocycles. The Morgan fingerprint density at radius 3 is 2.23 bits per heavy atom. The number of anilines is 1. The molecular formula is C20H29F2N3O4S. The predicted molar refractivity (Wildman–Crippen MR) is 114 cm³/mol. The van der Waals surface area contributed by atoms with Gasteiger partial charge in [0.05, 0.1) is 17.6 Å². The van der Waals surface area contributed by atoms with Crippen molar-refractivity contribution in [3.63, 3.8) is 0 Å². The molecule has 1 aromatic carbocycles. The van der Waals surface area contributed by atoms with Crippen molar-refractivity contribution in [2.75, 3.05) is 4.72 Å². The highest BCUT2D eigenvalue weighted by Gasteiger charge is 2.58. The molecule has 10 heteroatoms. The van der Waals surface area contributed by atoms with Crippen molar-refractivity contribution in [1.82, 2.24) is 5.32 Å². The van der Waals surface area contributed by atoms with E-state index in [1.165, 1.54) is 19.1 Å². The highest BCUT2D eigenvalue weighted by molar-refractivity contribution is 7.87. The quantitative estimate of drug-likeness (QED) is 0.415. The molecule has 1 aromatic rings. The summed E-state index contributed by atoms with van der Waals surface area (Å²) in [6.45, 7) is 8.67. The molecule has 1 amide bonds. The van der Waals surface area contributed by atoms with Crippen molar-refractivity contribution in [3.05, 3.63) is 41.6 Å². The van der Waals surface area contributed by atoms with Gasteiger partial charge in [-0.2, -0.15) is 8.42 Å². The summed E-state index contributed by atoms with van der Waals surface area (Å²) < 4.78 is 59.1. The molecule has 2 atom stereocenters. The minimum atomic E-state index is -4.36. The van der Waals surface area contributed by atoms with E-state index in [2.05, 4.69) is 10.3 Å². The Morgan fingerprint density at radius 1 is 1.30 bits per heavy atom. The van der Waals surface area contributed by atoms with Gasteiger partial charge in [0.1, 0.15) is 0 Å². The van der Waals surface area contributed by atoms with Gasteiger partial charge in [-0.1, -0.05) is 32.1 Å². The summed E-state index contributed by atoms with van der Waals surface area (Å²) in [5.41, 5.74) is 1.73. The van der Waals surface area contributed by atoms with Gasteiger partial charge in [-0.05, 0) is 38.0 Å². The molecule has 0 aliphatic heterocycles. The first-order valence-corrected chi connectivity index (χ1v) is 11.1. The van der Waals surface area contributed by atoms with E-state index in [-0.39, 0.29) is 18.0 Å². The molecule has 0 heterocycles. The number of rotatable bonds is 8. The number of allylic oxidation sites excluding steroid dienone is 2. The fourth-order valence-electron chi connectivity index (χ4n) is 2.80. The summed E-state index contributed by atoms with van der Waals surface area (Å²) >= 11 is 0. The Hall–Kier alpha value is -2.33. The number of nitrogens with one attached hydrogen (secondary N) is 2. The first-order valence-electron chi connectivity index (χ1n) is 9.62. The summed E-state index contributed by atoms with van der Waals surface area (Å²) in [5.74, 6) is -3.91. The van der Waals surface area contributed by atoms with E-state index < -0.39 is 28.2 Å². The van der Waals surface area contributed by atoms with Crippen molar-refractivity contribution in [1.29, 1.82) is 0 Å². The molecule has 0 radical (unpaired) electrons. The summed E-state index contributed by atoms with van der Waals surface area (Å²) in [5, 5.41) is 2.75. The molecule has 0 aromatic heterocycles. The Kier molecular flexibility index (Phi) is 9.10. The van der Waals surface area contributed by atoms with Crippen LogP contribution in [0.3, 0.4) is 0 Å². The average molecular weight is 446 g/mol. The van der Waals surface area contributed by atoms with E-state index >= 15 is 0 Å². The zero-order chi connectivity index (χ0) is 23.1. The van der Waals surface area contributed by atoms with Gasteiger partial charge in [0, 0.05) is 24.8 Å². The third-order valence-electron chi connectivity index (χ3n) is 4.31. The second kappa shape index (κ2) is 10.6. The second-order valence-corrected chi connectivity index (χ2v) is 7.87. The zero-order valence-corrected chi connectivity index (χ0v) is 18.6. The maximum atomic E-state index is 13.4. The number of aliphatic imine (C=N–C) groups is 1. The molecule has 2 rings (SSSR count). The normalized spacial score (nSPS) is 19.3. The van der Waals surface area contributed by atoms with E-state index in [0.717, 1.165) is 5.56 Å². The number of amides is 1. The fourth-order valence-corrected chi connectivity index (χ4v) is 3.24. The number of halogens is 2. The van der Waals surface area contributed by atoms with Crippen LogP contribution in [0.25, 0.3) is 0 Å². The number of nitrogens with zero attached hydrogens (tertiary/aromatic N) is 1. The Morgan fingerprint density at radius 2 is 1.83 bits per heavy atom. The standard InChI is InChI=1S/C18H23F2N3O4S.C2H6/c1-4-16(15-10-18(15,19)20)21-11(2)17(22-12(3)24)9-13-5-7-14(8-6-13)23-28(25,26)27;1-2/h4-8,15,17,23H,9-10H2,1-3H3,(H,22,24)(H,25,26,27);1-2H3/b16-4-,21-11?;. The number of hydrogen-bond donors (Lipinski definition) is 3. The van der Waals surface area contributed by atoms with Gasteiger partial charge in [-0.25, -0.2) is 8.78 Å². The molecule has 168 valence electrons. The number of hydrogen-bond acceptors (Lipinski definition) is 4. The third-order valence-corrected chi connectivity index (χ3v) is 4.80. The molecule has 3 N–H and O–H groups in total. The number of carbonyl (C=O) groups is 1.